The van der Waals surface area contributed by atoms with Gasteiger partial charge in [-0.1, -0.05) is 6.07 Å². The highest BCUT2D eigenvalue weighted by atomic mass is 32.2. The van der Waals surface area contributed by atoms with Crippen molar-refractivity contribution in [2.45, 2.75) is 4.21 Å². The molecule has 1 fully saturated rings. The molecule has 1 saturated heterocycles. The second kappa shape index (κ2) is 10.3. The van der Waals surface area contributed by atoms with Crippen molar-refractivity contribution in [3.63, 3.8) is 0 Å². The van der Waals surface area contributed by atoms with Crippen molar-refractivity contribution >= 4 is 27.3 Å². The molecule has 1 aliphatic rings. The SMILES string of the molecule is COc1ccc(OCCN2CCN(C(=O)CN(C)S(=O)(=O)c3cccs3)CC2)cc1. The molecule has 1 aliphatic heterocycles. The molecule has 0 unspecified atom stereocenters. The van der Waals surface area contributed by atoms with E-state index in [4.69, 9.17) is 9.47 Å². The van der Waals surface area contributed by atoms with E-state index in [-0.39, 0.29) is 16.7 Å². The van der Waals surface area contributed by atoms with E-state index in [1.54, 1.807) is 29.5 Å². The number of carbonyl (C=O) groups is 1. The first kappa shape index (κ1) is 22.5. The number of thiophene rings is 1. The Kier molecular flexibility index (Phi) is 7.70. The average Bonchev–Trinajstić information content (AvgIpc) is 3.30. The summed E-state index contributed by atoms with van der Waals surface area (Å²) < 4.78 is 37.2. The summed E-state index contributed by atoms with van der Waals surface area (Å²) in [7, 11) is -0.543. The minimum Gasteiger partial charge on any atom is -0.497 e. The molecule has 1 aromatic heterocycles. The summed E-state index contributed by atoms with van der Waals surface area (Å²) in [6.07, 6.45) is 0. The summed E-state index contributed by atoms with van der Waals surface area (Å²) >= 11 is 1.15. The lowest BCUT2D eigenvalue weighted by Crippen LogP contribution is -2.51. The molecule has 0 spiro atoms. The summed E-state index contributed by atoms with van der Waals surface area (Å²) in [4.78, 5) is 16.5. The standard InChI is InChI=1S/C20H27N3O5S2/c1-21(30(25,26)20-4-3-15-29-20)16-19(24)23-11-9-22(10-12-23)13-14-28-18-7-5-17(27-2)6-8-18/h3-8,15H,9-14,16H2,1-2H3. The molecule has 0 atom stereocenters. The van der Waals surface area contributed by atoms with Crippen molar-refractivity contribution in [1.29, 1.82) is 0 Å². The van der Waals surface area contributed by atoms with Crippen LogP contribution < -0.4 is 9.47 Å². The van der Waals surface area contributed by atoms with Gasteiger partial charge in [0.05, 0.1) is 13.7 Å². The third-order valence-electron chi connectivity index (χ3n) is 4.98. The summed E-state index contributed by atoms with van der Waals surface area (Å²) in [6.45, 7) is 3.80. The zero-order chi connectivity index (χ0) is 21.6. The first-order valence-corrected chi connectivity index (χ1v) is 12.0. The molecule has 8 nitrogen and oxygen atoms in total. The van der Waals surface area contributed by atoms with Gasteiger partial charge in [0.2, 0.25) is 5.91 Å². The zero-order valence-corrected chi connectivity index (χ0v) is 18.8. The van der Waals surface area contributed by atoms with Gasteiger partial charge < -0.3 is 14.4 Å². The molecule has 0 aliphatic carbocycles. The minimum absolute atomic E-state index is 0.152. The number of methoxy groups -OCH3 is 1. The molecule has 2 heterocycles. The molecule has 1 aromatic carbocycles. The van der Waals surface area contributed by atoms with Crippen LogP contribution in [0.15, 0.2) is 46.0 Å². The number of nitrogens with zero attached hydrogens (tertiary/aromatic N) is 3. The highest BCUT2D eigenvalue weighted by molar-refractivity contribution is 7.91. The van der Waals surface area contributed by atoms with Crippen molar-refractivity contribution in [3.8, 4) is 11.5 Å². The zero-order valence-electron chi connectivity index (χ0n) is 17.2. The topological polar surface area (TPSA) is 79.4 Å². The van der Waals surface area contributed by atoms with E-state index in [0.717, 1.165) is 46.8 Å². The largest absolute Gasteiger partial charge is 0.497 e. The number of hydrogen-bond acceptors (Lipinski definition) is 7. The van der Waals surface area contributed by atoms with Crippen LogP contribution >= 0.6 is 11.3 Å². The van der Waals surface area contributed by atoms with E-state index >= 15 is 0 Å². The van der Waals surface area contributed by atoms with Gasteiger partial charge in [-0.3, -0.25) is 9.69 Å². The molecule has 2 aromatic rings. The van der Waals surface area contributed by atoms with Gasteiger partial charge in [0.25, 0.3) is 10.0 Å². The molecule has 30 heavy (non-hydrogen) atoms. The number of benzene rings is 1. The fourth-order valence-corrected chi connectivity index (χ4v) is 5.45. The Bertz CT molecular complexity index is 908. The van der Waals surface area contributed by atoms with Gasteiger partial charge >= 0.3 is 0 Å². The molecule has 0 radical (unpaired) electrons. The summed E-state index contributed by atoms with van der Waals surface area (Å²) in [5.74, 6) is 1.41. The lowest BCUT2D eigenvalue weighted by molar-refractivity contribution is -0.133. The minimum atomic E-state index is -3.61. The van der Waals surface area contributed by atoms with Gasteiger partial charge in [-0.15, -0.1) is 11.3 Å². The van der Waals surface area contributed by atoms with E-state index in [2.05, 4.69) is 4.90 Å². The number of amides is 1. The van der Waals surface area contributed by atoms with Gasteiger partial charge in [0.1, 0.15) is 22.3 Å². The quantitative estimate of drug-likeness (QED) is 0.574. The maximum absolute atomic E-state index is 12.6. The van der Waals surface area contributed by atoms with E-state index in [1.807, 2.05) is 24.3 Å². The fraction of sp³-hybridized carbons (Fsp3) is 0.450. The van der Waals surface area contributed by atoms with Gasteiger partial charge in [0, 0.05) is 39.8 Å². The number of rotatable bonds is 9. The van der Waals surface area contributed by atoms with Crippen LogP contribution in [0.2, 0.25) is 0 Å². The summed E-state index contributed by atoms with van der Waals surface area (Å²) in [5.41, 5.74) is 0. The monoisotopic (exact) mass is 453 g/mol. The molecule has 164 valence electrons. The summed E-state index contributed by atoms with van der Waals surface area (Å²) in [5, 5.41) is 1.71. The lowest BCUT2D eigenvalue weighted by atomic mass is 10.3. The van der Waals surface area contributed by atoms with E-state index < -0.39 is 10.0 Å². The molecular weight excluding hydrogens is 426 g/mol. The molecule has 1 amide bonds. The highest BCUT2D eigenvalue weighted by Gasteiger charge is 2.27. The maximum atomic E-state index is 12.6. The van der Waals surface area contributed by atoms with Crippen LogP contribution in [-0.2, 0) is 14.8 Å². The van der Waals surface area contributed by atoms with Gasteiger partial charge in [-0.2, -0.15) is 4.31 Å². The molecule has 10 heteroatoms. The lowest BCUT2D eigenvalue weighted by Gasteiger charge is -2.35. The number of hydrogen-bond donors (Lipinski definition) is 0. The maximum Gasteiger partial charge on any atom is 0.252 e. The molecule has 3 rings (SSSR count). The molecule has 0 saturated carbocycles. The Labute approximate surface area is 181 Å². The van der Waals surface area contributed by atoms with Crippen LogP contribution in [0.1, 0.15) is 0 Å². The van der Waals surface area contributed by atoms with Crippen molar-refractivity contribution in [1.82, 2.24) is 14.1 Å². The molecule has 0 bridgehead atoms. The van der Waals surface area contributed by atoms with Crippen LogP contribution in [0, 0.1) is 0 Å². The Morgan fingerprint density at radius 2 is 1.77 bits per heavy atom. The molecule has 0 N–H and O–H groups in total. The predicted octanol–water partition coefficient (Wildman–Crippen LogP) is 1.60. The third kappa shape index (κ3) is 5.72. The van der Waals surface area contributed by atoms with Crippen LogP contribution in [-0.4, -0.2) is 88.5 Å². The smallest absolute Gasteiger partial charge is 0.252 e. The first-order chi connectivity index (χ1) is 14.4. The van der Waals surface area contributed by atoms with Crippen molar-refractivity contribution in [2.75, 3.05) is 60.0 Å². The van der Waals surface area contributed by atoms with Crippen molar-refractivity contribution in [2.24, 2.45) is 0 Å². The van der Waals surface area contributed by atoms with Crippen molar-refractivity contribution in [3.05, 3.63) is 41.8 Å². The third-order valence-corrected chi connectivity index (χ3v) is 8.15. The number of ether oxygens (including phenoxy) is 2. The van der Waals surface area contributed by atoms with Crippen LogP contribution in [0.4, 0.5) is 0 Å². The van der Waals surface area contributed by atoms with Gasteiger partial charge in [-0.05, 0) is 35.7 Å². The Morgan fingerprint density at radius 1 is 1.10 bits per heavy atom. The number of piperazine rings is 1. The fourth-order valence-electron chi connectivity index (χ4n) is 3.12. The predicted molar refractivity (Wildman–Crippen MR) is 116 cm³/mol. The number of carbonyl (C=O) groups excluding carboxylic acids is 1. The van der Waals surface area contributed by atoms with Gasteiger partial charge in [-0.25, -0.2) is 8.42 Å². The number of sulfonamides is 1. The number of likely N-dealkylation sites (N-methyl/N-ethyl adjacent to an activating group) is 1. The Balaban J connectivity index is 1.39. The average molecular weight is 454 g/mol. The Hall–Kier alpha value is -2.14. The first-order valence-electron chi connectivity index (χ1n) is 9.67. The van der Waals surface area contributed by atoms with Crippen LogP contribution in [0.25, 0.3) is 0 Å². The highest BCUT2D eigenvalue weighted by Crippen LogP contribution is 2.20. The van der Waals surface area contributed by atoms with E-state index in [1.165, 1.54) is 7.05 Å². The molecular formula is C20H27N3O5S2. The van der Waals surface area contributed by atoms with E-state index in [9.17, 15) is 13.2 Å². The summed E-state index contributed by atoms with van der Waals surface area (Å²) in [6, 6.07) is 10.7. The van der Waals surface area contributed by atoms with Crippen molar-refractivity contribution < 1.29 is 22.7 Å². The van der Waals surface area contributed by atoms with E-state index in [0.29, 0.717) is 19.7 Å². The van der Waals surface area contributed by atoms with Crippen LogP contribution in [0.5, 0.6) is 11.5 Å². The normalized spacial score (nSPS) is 15.4. The Morgan fingerprint density at radius 3 is 2.37 bits per heavy atom. The second-order valence-electron chi connectivity index (χ2n) is 6.94. The van der Waals surface area contributed by atoms with Gasteiger partial charge in [0.15, 0.2) is 0 Å². The second-order valence-corrected chi connectivity index (χ2v) is 10.2. The van der Waals surface area contributed by atoms with Crippen LogP contribution in [0.3, 0.4) is 0 Å².